The quantitative estimate of drug-likeness (QED) is 0.821. The molecule has 1 heterocycles. The highest BCUT2D eigenvalue weighted by Crippen LogP contribution is 2.69. The fraction of sp³-hybridized carbons (Fsp3) is 0.556. The van der Waals surface area contributed by atoms with E-state index in [2.05, 4.69) is 0 Å². The molecular formula is C18H21Cl2NO4. The number of aliphatic carboxylic acids is 1. The SMILES string of the molecule is CC(C)(C)OC(=O)N1CCC2(c3ccc(Cl)c(Cl)c3)CC2(C(=O)O)C1. The van der Waals surface area contributed by atoms with E-state index in [0.717, 1.165) is 5.56 Å². The van der Waals surface area contributed by atoms with Crippen LogP contribution >= 0.6 is 23.2 Å². The molecule has 2 atom stereocenters. The molecule has 0 bridgehead atoms. The Balaban J connectivity index is 1.88. The maximum atomic E-state index is 12.4. The second kappa shape index (κ2) is 5.78. The summed E-state index contributed by atoms with van der Waals surface area (Å²) in [5, 5.41) is 10.7. The highest BCUT2D eigenvalue weighted by molar-refractivity contribution is 6.42. The zero-order chi connectivity index (χ0) is 18.6. The number of carboxylic acids is 1. The molecule has 1 aromatic rings. The van der Waals surface area contributed by atoms with Crippen molar-refractivity contribution in [3.8, 4) is 0 Å². The summed E-state index contributed by atoms with van der Waals surface area (Å²) < 4.78 is 5.40. The predicted octanol–water partition coefficient (Wildman–Crippen LogP) is 4.35. The Hall–Kier alpha value is -1.46. The molecule has 7 heteroatoms. The number of halogens is 2. The Morgan fingerprint density at radius 2 is 1.92 bits per heavy atom. The molecule has 0 aromatic heterocycles. The molecule has 1 aliphatic carbocycles. The van der Waals surface area contributed by atoms with Crippen molar-refractivity contribution in [2.24, 2.45) is 5.41 Å². The van der Waals surface area contributed by atoms with Crippen LogP contribution in [0.4, 0.5) is 4.79 Å². The highest BCUT2D eigenvalue weighted by atomic mass is 35.5. The minimum absolute atomic E-state index is 0.136. The molecule has 5 nitrogen and oxygen atoms in total. The number of carbonyl (C=O) groups excluding carboxylic acids is 1. The van der Waals surface area contributed by atoms with Gasteiger partial charge in [-0.2, -0.15) is 0 Å². The number of carboxylic acid groups (broad SMARTS) is 1. The summed E-state index contributed by atoms with van der Waals surface area (Å²) in [6, 6.07) is 5.28. The van der Waals surface area contributed by atoms with Crippen LogP contribution < -0.4 is 0 Å². The number of benzene rings is 1. The molecule has 1 saturated heterocycles. The first kappa shape index (κ1) is 18.3. The molecule has 2 fully saturated rings. The van der Waals surface area contributed by atoms with Crippen molar-refractivity contribution in [2.45, 2.75) is 44.6 Å². The lowest BCUT2D eigenvalue weighted by Crippen LogP contribution is -2.49. The highest BCUT2D eigenvalue weighted by Gasteiger charge is 2.75. The Kier molecular flexibility index (Phi) is 4.24. The van der Waals surface area contributed by atoms with Gasteiger partial charge in [-0.3, -0.25) is 4.79 Å². The Morgan fingerprint density at radius 3 is 2.48 bits per heavy atom. The molecule has 1 amide bonds. The van der Waals surface area contributed by atoms with E-state index in [9.17, 15) is 14.7 Å². The van der Waals surface area contributed by atoms with Crippen molar-refractivity contribution in [3.63, 3.8) is 0 Å². The normalized spacial score (nSPS) is 28.3. The smallest absolute Gasteiger partial charge is 0.410 e. The van der Waals surface area contributed by atoms with Gasteiger partial charge in [-0.1, -0.05) is 29.3 Å². The number of piperidine rings is 1. The van der Waals surface area contributed by atoms with E-state index in [-0.39, 0.29) is 6.54 Å². The summed E-state index contributed by atoms with van der Waals surface area (Å²) in [5.74, 6) is -0.896. The first-order valence-electron chi connectivity index (χ1n) is 8.18. The van der Waals surface area contributed by atoms with E-state index in [0.29, 0.717) is 29.4 Å². The molecule has 1 saturated carbocycles. The molecule has 2 aliphatic rings. The third-order valence-corrected chi connectivity index (χ3v) is 5.94. The van der Waals surface area contributed by atoms with Crippen molar-refractivity contribution in [1.82, 2.24) is 4.90 Å². The van der Waals surface area contributed by atoms with Gasteiger partial charge in [-0.05, 0) is 51.3 Å². The predicted molar refractivity (Wildman–Crippen MR) is 95.2 cm³/mol. The minimum Gasteiger partial charge on any atom is -0.481 e. The van der Waals surface area contributed by atoms with Crippen LogP contribution in [0.3, 0.4) is 0 Å². The third-order valence-electron chi connectivity index (χ3n) is 5.20. The van der Waals surface area contributed by atoms with Crippen molar-refractivity contribution in [1.29, 1.82) is 0 Å². The fourth-order valence-corrected chi connectivity index (χ4v) is 4.18. The molecule has 1 N–H and O–H groups in total. The molecule has 3 rings (SSSR count). The van der Waals surface area contributed by atoms with Gasteiger partial charge in [0.25, 0.3) is 0 Å². The Morgan fingerprint density at radius 1 is 1.24 bits per heavy atom. The number of hydrogen-bond donors (Lipinski definition) is 1. The number of fused-ring (bicyclic) bond motifs is 1. The summed E-state index contributed by atoms with van der Waals surface area (Å²) >= 11 is 12.1. The van der Waals surface area contributed by atoms with Gasteiger partial charge in [0.2, 0.25) is 0 Å². The van der Waals surface area contributed by atoms with Crippen LogP contribution in [0.2, 0.25) is 10.0 Å². The molecule has 0 spiro atoms. The fourth-order valence-electron chi connectivity index (χ4n) is 3.88. The van der Waals surface area contributed by atoms with E-state index in [1.807, 2.05) is 6.07 Å². The number of rotatable bonds is 2. The van der Waals surface area contributed by atoms with E-state index in [1.54, 1.807) is 32.9 Å². The molecule has 0 radical (unpaired) electrons. The standard InChI is InChI=1S/C18H21Cl2NO4/c1-16(2,3)25-15(24)21-7-6-17(9-18(17,10-21)14(22)23)11-4-5-12(19)13(20)8-11/h4-5,8H,6-7,9-10H2,1-3H3,(H,22,23). The number of likely N-dealkylation sites (tertiary alicyclic amines) is 1. The molecular weight excluding hydrogens is 365 g/mol. The topological polar surface area (TPSA) is 66.8 Å². The van der Waals surface area contributed by atoms with Crippen LogP contribution in [0.15, 0.2) is 18.2 Å². The molecule has 25 heavy (non-hydrogen) atoms. The van der Waals surface area contributed by atoms with Crippen molar-refractivity contribution < 1.29 is 19.4 Å². The van der Waals surface area contributed by atoms with Gasteiger partial charge >= 0.3 is 12.1 Å². The lowest BCUT2D eigenvalue weighted by Gasteiger charge is -2.37. The van der Waals surface area contributed by atoms with Crippen LogP contribution in [-0.4, -0.2) is 40.8 Å². The minimum atomic E-state index is -1.00. The molecule has 1 aromatic carbocycles. The Bertz CT molecular complexity index is 745. The van der Waals surface area contributed by atoms with Crippen LogP contribution in [0, 0.1) is 5.41 Å². The lowest BCUT2D eigenvalue weighted by molar-refractivity contribution is -0.146. The maximum Gasteiger partial charge on any atom is 0.410 e. The van der Waals surface area contributed by atoms with E-state index in [1.165, 1.54) is 4.90 Å². The lowest BCUT2D eigenvalue weighted by atomic mass is 9.80. The second-order valence-corrected chi connectivity index (χ2v) is 8.74. The monoisotopic (exact) mass is 385 g/mol. The summed E-state index contributed by atoms with van der Waals surface area (Å²) in [5.41, 5.74) is -1.26. The van der Waals surface area contributed by atoms with Gasteiger partial charge in [0.05, 0.1) is 15.5 Å². The van der Waals surface area contributed by atoms with Crippen LogP contribution in [0.5, 0.6) is 0 Å². The molecule has 1 aliphatic heterocycles. The number of ether oxygens (including phenoxy) is 1. The first-order valence-corrected chi connectivity index (χ1v) is 8.93. The number of nitrogens with zero attached hydrogens (tertiary/aromatic N) is 1. The summed E-state index contributed by atoms with van der Waals surface area (Å²) in [6.45, 7) is 5.96. The van der Waals surface area contributed by atoms with Crippen molar-refractivity contribution in [2.75, 3.05) is 13.1 Å². The maximum absolute atomic E-state index is 12.4. The summed E-state index contributed by atoms with van der Waals surface area (Å²) in [6.07, 6.45) is 0.561. The van der Waals surface area contributed by atoms with Gasteiger partial charge in [-0.25, -0.2) is 4.79 Å². The average Bonchev–Trinajstić information content (AvgIpc) is 3.19. The average molecular weight is 386 g/mol. The van der Waals surface area contributed by atoms with E-state index >= 15 is 0 Å². The summed E-state index contributed by atoms with van der Waals surface area (Å²) in [7, 11) is 0. The van der Waals surface area contributed by atoms with Crippen molar-refractivity contribution in [3.05, 3.63) is 33.8 Å². The zero-order valence-corrected chi connectivity index (χ0v) is 15.9. The first-order chi connectivity index (χ1) is 11.5. The van der Waals surface area contributed by atoms with Gasteiger partial charge in [-0.15, -0.1) is 0 Å². The third kappa shape index (κ3) is 2.97. The number of amides is 1. The van der Waals surface area contributed by atoms with E-state index < -0.39 is 28.5 Å². The second-order valence-electron chi connectivity index (χ2n) is 7.93. The largest absolute Gasteiger partial charge is 0.481 e. The number of carbonyl (C=O) groups is 2. The van der Waals surface area contributed by atoms with Gasteiger partial charge < -0.3 is 14.7 Å². The Labute approximate surface area is 156 Å². The number of hydrogen-bond acceptors (Lipinski definition) is 3. The van der Waals surface area contributed by atoms with Crippen LogP contribution in [-0.2, 0) is 14.9 Å². The van der Waals surface area contributed by atoms with E-state index in [4.69, 9.17) is 27.9 Å². The molecule has 2 unspecified atom stereocenters. The van der Waals surface area contributed by atoms with Crippen LogP contribution in [0.1, 0.15) is 39.2 Å². The summed E-state index contributed by atoms with van der Waals surface area (Å²) in [4.78, 5) is 25.9. The molecule has 136 valence electrons. The van der Waals surface area contributed by atoms with Crippen molar-refractivity contribution >= 4 is 35.3 Å². The van der Waals surface area contributed by atoms with Crippen LogP contribution in [0.25, 0.3) is 0 Å². The van der Waals surface area contributed by atoms with Gasteiger partial charge in [0.15, 0.2) is 0 Å². The zero-order valence-electron chi connectivity index (χ0n) is 14.4. The van der Waals surface area contributed by atoms with Gasteiger partial charge in [0.1, 0.15) is 5.60 Å². The van der Waals surface area contributed by atoms with Gasteiger partial charge in [0, 0.05) is 18.5 Å².